The molecular weight excluding hydrogens is 239 g/mol. The number of aromatic amines is 1. The number of imidazole rings is 1. The van der Waals surface area contributed by atoms with Gasteiger partial charge in [0.2, 0.25) is 0 Å². The molecule has 0 saturated carbocycles. The number of aromatic nitrogens is 4. The lowest BCUT2D eigenvalue weighted by Crippen LogP contribution is -1.85. The Bertz CT molecular complexity index is 650. The molecular formula is C11H7FN4S. The second-order valence-electron chi connectivity index (χ2n) is 3.33. The van der Waals surface area contributed by atoms with E-state index in [4.69, 9.17) is 0 Å². The van der Waals surface area contributed by atoms with Gasteiger partial charge in [-0.3, -0.25) is 0 Å². The summed E-state index contributed by atoms with van der Waals surface area (Å²) in [4.78, 5) is 16.2. The summed E-state index contributed by atoms with van der Waals surface area (Å²) >= 11 is 1.43. The van der Waals surface area contributed by atoms with Crippen LogP contribution in [0.3, 0.4) is 0 Å². The zero-order chi connectivity index (χ0) is 11.7. The molecule has 3 aromatic rings. The van der Waals surface area contributed by atoms with Gasteiger partial charge in [-0.15, -0.1) is 0 Å². The average molecular weight is 246 g/mol. The van der Waals surface area contributed by atoms with Gasteiger partial charge in [0.25, 0.3) is 0 Å². The SMILES string of the molecule is Fc1ccc(Sc2ncnc3[nH]cnc23)cc1. The summed E-state index contributed by atoms with van der Waals surface area (Å²) in [6, 6.07) is 6.26. The molecule has 0 saturated heterocycles. The Morgan fingerprint density at radius 3 is 2.71 bits per heavy atom. The summed E-state index contributed by atoms with van der Waals surface area (Å²) in [7, 11) is 0. The molecule has 0 aliphatic rings. The molecule has 0 radical (unpaired) electrons. The second kappa shape index (κ2) is 4.14. The lowest BCUT2D eigenvalue weighted by molar-refractivity contribution is 0.626. The van der Waals surface area contributed by atoms with Crippen molar-refractivity contribution >= 4 is 22.9 Å². The second-order valence-corrected chi connectivity index (χ2v) is 4.40. The van der Waals surface area contributed by atoms with E-state index in [1.165, 1.54) is 30.2 Å². The Labute approximate surface area is 100 Å². The molecule has 0 aliphatic carbocycles. The molecule has 0 bridgehead atoms. The highest BCUT2D eigenvalue weighted by atomic mass is 32.2. The van der Waals surface area contributed by atoms with E-state index in [0.29, 0.717) is 5.65 Å². The third-order valence-corrected chi connectivity index (χ3v) is 3.21. The predicted molar refractivity (Wildman–Crippen MR) is 62.2 cm³/mol. The van der Waals surface area contributed by atoms with E-state index >= 15 is 0 Å². The summed E-state index contributed by atoms with van der Waals surface area (Å²) in [5.74, 6) is -0.248. The molecule has 0 amide bonds. The van der Waals surface area contributed by atoms with Crippen molar-refractivity contribution < 1.29 is 4.39 Å². The van der Waals surface area contributed by atoms with Gasteiger partial charge >= 0.3 is 0 Å². The minimum absolute atomic E-state index is 0.248. The van der Waals surface area contributed by atoms with Crippen LogP contribution in [0.15, 0.2) is 46.8 Å². The van der Waals surface area contributed by atoms with Crippen molar-refractivity contribution in [2.24, 2.45) is 0 Å². The topological polar surface area (TPSA) is 54.5 Å². The number of benzene rings is 1. The van der Waals surface area contributed by atoms with Crippen LogP contribution in [0.1, 0.15) is 0 Å². The van der Waals surface area contributed by atoms with Gasteiger partial charge in [-0.25, -0.2) is 19.3 Å². The zero-order valence-corrected chi connectivity index (χ0v) is 9.41. The Kier molecular flexibility index (Phi) is 2.49. The fraction of sp³-hybridized carbons (Fsp3) is 0. The molecule has 17 heavy (non-hydrogen) atoms. The van der Waals surface area contributed by atoms with Crippen molar-refractivity contribution in [3.05, 3.63) is 42.7 Å². The summed E-state index contributed by atoms with van der Waals surface area (Å²) in [6.45, 7) is 0. The smallest absolute Gasteiger partial charge is 0.161 e. The lowest BCUT2D eigenvalue weighted by Gasteiger charge is -2.00. The van der Waals surface area contributed by atoms with Crippen molar-refractivity contribution in [2.75, 3.05) is 0 Å². The fourth-order valence-corrected chi connectivity index (χ4v) is 2.27. The molecule has 0 atom stereocenters. The minimum Gasteiger partial charge on any atom is -0.329 e. The van der Waals surface area contributed by atoms with Crippen LogP contribution >= 0.6 is 11.8 Å². The van der Waals surface area contributed by atoms with Crippen molar-refractivity contribution in [2.45, 2.75) is 9.92 Å². The molecule has 0 spiro atoms. The summed E-state index contributed by atoms with van der Waals surface area (Å²) in [5, 5.41) is 0.753. The summed E-state index contributed by atoms with van der Waals surface area (Å²) in [6.07, 6.45) is 3.06. The third-order valence-electron chi connectivity index (χ3n) is 2.21. The Morgan fingerprint density at radius 1 is 1.06 bits per heavy atom. The van der Waals surface area contributed by atoms with Gasteiger partial charge in [0, 0.05) is 4.90 Å². The van der Waals surface area contributed by atoms with Crippen LogP contribution in [0.5, 0.6) is 0 Å². The van der Waals surface area contributed by atoms with Gasteiger partial charge < -0.3 is 4.98 Å². The molecule has 1 aromatic carbocycles. The monoisotopic (exact) mass is 246 g/mol. The lowest BCUT2D eigenvalue weighted by atomic mass is 10.4. The van der Waals surface area contributed by atoms with Crippen molar-refractivity contribution in [1.29, 1.82) is 0 Å². The summed E-state index contributed by atoms with van der Waals surface area (Å²) < 4.78 is 12.8. The fourth-order valence-electron chi connectivity index (χ4n) is 1.43. The van der Waals surface area contributed by atoms with E-state index in [0.717, 1.165) is 15.4 Å². The van der Waals surface area contributed by atoms with E-state index in [2.05, 4.69) is 19.9 Å². The van der Waals surface area contributed by atoms with Crippen molar-refractivity contribution in [3.63, 3.8) is 0 Å². The summed E-state index contributed by atoms with van der Waals surface area (Å²) in [5.41, 5.74) is 1.42. The quantitative estimate of drug-likeness (QED) is 0.706. The van der Waals surface area contributed by atoms with E-state index < -0.39 is 0 Å². The van der Waals surface area contributed by atoms with Crippen LogP contribution in [0.2, 0.25) is 0 Å². The van der Waals surface area contributed by atoms with Gasteiger partial charge in [-0.05, 0) is 24.3 Å². The van der Waals surface area contributed by atoms with E-state index in [-0.39, 0.29) is 5.82 Å². The molecule has 4 nitrogen and oxygen atoms in total. The number of hydrogen-bond donors (Lipinski definition) is 1. The highest BCUT2D eigenvalue weighted by molar-refractivity contribution is 7.99. The van der Waals surface area contributed by atoms with Gasteiger partial charge in [-0.2, -0.15) is 0 Å². The molecule has 2 aromatic heterocycles. The maximum absolute atomic E-state index is 12.8. The first-order valence-electron chi connectivity index (χ1n) is 4.90. The Balaban J connectivity index is 1.99. The van der Waals surface area contributed by atoms with Crippen LogP contribution in [0.25, 0.3) is 11.2 Å². The van der Waals surface area contributed by atoms with E-state index in [9.17, 15) is 4.39 Å². The van der Waals surface area contributed by atoms with Crippen LogP contribution in [-0.2, 0) is 0 Å². The molecule has 0 aliphatic heterocycles. The molecule has 0 unspecified atom stereocenters. The Morgan fingerprint density at radius 2 is 1.88 bits per heavy atom. The maximum Gasteiger partial charge on any atom is 0.161 e. The maximum atomic E-state index is 12.8. The first-order valence-corrected chi connectivity index (χ1v) is 5.72. The number of nitrogens with zero attached hydrogens (tertiary/aromatic N) is 3. The van der Waals surface area contributed by atoms with Crippen LogP contribution in [0.4, 0.5) is 4.39 Å². The van der Waals surface area contributed by atoms with Crippen molar-refractivity contribution in [3.8, 4) is 0 Å². The third kappa shape index (κ3) is 1.99. The first-order chi connectivity index (χ1) is 8.33. The molecule has 3 rings (SSSR count). The zero-order valence-electron chi connectivity index (χ0n) is 8.59. The number of nitrogens with one attached hydrogen (secondary N) is 1. The standard InChI is InChI=1S/C11H7FN4S/c12-7-1-3-8(4-2-7)17-11-9-10(14-5-13-9)15-6-16-11/h1-6H,(H,13,14,15,16). The largest absolute Gasteiger partial charge is 0.329 e. The molecule has 2 heterocycles. The highest BCUT2D eigenvalue weighted by Crippen LogP contribution is 2.29. The number of fused-ring (bicyclic) bond motifs is 1. The molecule has 84 valence electrons. The van der Waals surface area contributed by atoms with Crippen molar-refractivity contribution in [1.82, 2.24) is 19.9 Å². The molecule has 1 N–H and O–H groups in total. The number of hydrogen-bond acceptors (Lipinski definition) is 4. The Hall–Kier alpha value is -1.95. The average Bonchev–Trinajstić information content (AvgIpc) is 2.81. The van der Waals surface area contributed by atoms with Gasteiger partial charge in [0.15, 0.2) is 5.65 Å². The normalized spacial score (nSPS) is 10.9. The molecule has 0 fully saturated rings. The van der Waals surface area contributed by atoms with Crippen LogP contribution in [-0.4, -0.2) is 19.9 Å². The molecule has 6 heteroatoms. The number of rotatable bonds is 2. The number of halogens is 1. The van der Waals surface area contributed by atoms with Gasteiger partial charge in [0.05, 0.1) is 6.33 Å². The van der Waals surface area contributed by atoms with Crippen LogP contribution in [0, 0.1) is 5.82 Å². The van der Waals surface area contributed by atoms with Gasteiger partial charge in [-0.1, -0.05) is 11.8 Å². The van der Waals surface area contributed by atoms with E-state index in [1.54, 1.807) is 18.5 Å². The minimum atomic E-state index is -0.248. The van der Waals surface area contributed by atoms with Gasteiger partial charge in [0.1, 0.15) is 22.7 Å². The van der Waals surface area contributed by atoms with E-state index in [1.807, 2.05) is 0 Å². The number of H-pyrrole nitrogens is 1. The predicted octanol–water partition coefficient (Wildman–Crippen LogP) is 2.64. The first kappa shape index (κ1) is 10.2. The highest BCUT2D eigenvalue weighted by Gasteiger charge is 2.07. The van der Waals surface area contributed by atoms with Crippen LogP contribution < -0.4 is 0 Å².